The Hall–Kier alpha value is -1.34. The minimum Gasteiger partial charge on any atom is -0.466 e. The van der Waals surface area contributed by atoms with Gasteiger partial charge in [-0.05, 0) is 26.2 Å². The van der Waals surface area contributed by atoms with Crippen molar-refractivity contribution in [2.45, 2.75) is 32.6 Å². The summed E-state index contributed by atoms with van der Waals surface area (Å²) in [5.41, 5.74) is 1.86. The van der Waals surface area contributed by atoms with Crippen LogP contribution in [0.15, 0.2) is 17.2 Å². The highest BCUT2D eigenvalue weighted by Crippen LogP contribution is 2.23. The summed E-state index contributed by atoms with van der Waals surface area (Å²) < 4.78 is 4.83. The first kappa shape index (κ1) is 10.7. The second-order valence-corrected chi connectivity index (χ2v) is 3.25. The Morgan fingerprint density at radius 1 is 1.57 bits per heavy atom. The van der Waals surface area contributed by atoms with Crippen molar-refractivity contribution in [3.63, 3.8) is 0 Å². The van der Waals surface area contributed by atoms with Gasteiger partial charge in [-0.15, -0.1) is 0 Å². The zero-order chi connectivity index (χ0) is 10.4. The summed E-state index contributed by atoms with van der Waals surface area (Å²) in [5, 5.41) is 0. The molecule has 0 radical (unpaired) electrons. The number of hydrogen-bond donors (Lipinski definition) is 0. The number of ether oxygens (including phenoxy) is 1. The van der Waals surface area contributed by atoms with E-state index >= 15 is 0 Å². The topological polar surface area (TPSA) is 43.4 Å². The molecule has 0 unspecified atom stereocenters. The fourth-order valence-corrected chi connectivity index (χ4v) is 1.43. The van der Waals surface area contributed by atoms with Crippen molar-refractivity contribution in [3.05, 3.63) is 17.2 Å². The van der Waals surface area contributed by atoms with Gasteiger partial charge in [-0.25, -0.2) is 4.79 Å². The molecule has 0 saturated heterocycles. The molecule has 0 aromatic heterocycles. The van der Waals surface area contributed by atoms with Gasteiger partial charge in [0, 0.05) is 5.57 Å². The zero-order valence-corrected chi connectivity index (χ0v) is 8.34. The molecule has 0 aliphatic heterocycles. The molecular weight excluding hydrogens is 180 g/mol. The summed E-state index contributed by atoms with van der Waals surface area (Å²) in [6.45, 7) is 2.21. The van der Waals surface area contributed by atoms with E-state index < -0.39 is 0 Å². The van der Waals surface area contributed by atoms with Crippen molar-refractivity contribution >= 4 is 11.9 Å². The Labute approximate surface area is 83.4 Å². The molecule has 1 aliphatic carbocycles. The molecule has 0 N–H and O–H groups in total. The second kappa shape index (κ2) is 5.40. The maximum atomic E-state index is 11.1. The van der Waals surface area contributed by atoms with E-state index in [1.165, 1.54) is 0 Å². The van der Waals surface area contributed by atoms with Crippen LogP contribution in [0.25, 0.3) is 0 Å². The highest BCUT2D eigenvalue weighted by Gasteiger charge is 2.12. The Morgan fingerprint density at radius 2 is 2.36 bits per heavy atom. The van der Waals surface area contributed by atoms with Crippen LogP contribution < -0.4 is 0 Å². The minimum atomic E-state index is -0.183. The highest BCUT2D eigenvalue weighted by atomic mass is 16.5. The van der Waals surface area contributed by atoms with E-state index in [0.29, 0.717) is 19.4 Å². The van der Waals surface area contributed by atoms with Crippen LogP contribution in [-0.2, 0) is 14.3 Å². The third kappa shape index (κ3) is 3.19. The maximum Gasteiger partial charge on any atom is 0.309 e. The summed E-state index contributed by atoms with van der Waals surface area (Å²) in [5.74, 6) is 1.73. The molecule has 0 atom stereocenters. The van der Waals surface area contributed by atoms with Gasteiger partial charge in [0.25, 0.3) is 0 Å². The Kier molecular flexibility index (Phi) is 4.14. The van der Waals surface area contributed by atoms with Crippen molar-refractivity contribution in [2.75, 3.05) is 6.61 Å². The van der Waals surface area contributed by atoms with Crippen LogP contribution in [0.3, 0.4) is 0 Å². The summed E-state index contributed by atoms with van der Waals surface area (Å²) in [7, 11) is 0. The average molecular weight is 194 g/mol. The molecule has 0 aromatic carbocycles. The molecule has 3 heteroatoms. The SMILES string of the molecule is CCOC(=O)CC1=CCC(=C=O)CC1. The fraction of sp³-hybridized carbons (Fsp3) is 0.545. The standard InChI is InChI=1S/C11H14O3/c1-2-14-11(13)7-9-3-5-10(8-12)6-4-9/h3H,2,4-7H2,1H3. The lowest BCUT2D eigenvalue weighted by molar-refractivity contribution is -0.142. The van der Waals surface area contributed by atoms with Crippen LogP contribution in [0.1, 0.15) is 32.6 Å². The molecule has 1 rings (SSSR count). The van der Waals surface area contributed by atoms with Crippen molar-refractivity contribution in [3.8, 4) is 0 Å². The Balaban J connectivity index is 2.44. The normalized spacial score (nSPS) is 15.8. The van der Waals surface area contributed by atoms with Gasteiger partial charge in [-0.2, -0.15) is 0 Å². The van der Waals surface area contributed by atoms with Crippen molar-refractivity contribution in [1.29, 1.82) is 0 Å². The lowest BCUT2D eigenvalue weighted by Crippen LogP contribution is -2.07. The molecular formula is C11H14O3. The Morgan fingerprint density at radius 3 is 2.86 bits per heavy atom. The van der Waals surface area contributed by atoms with E-state index in [2.05, 4.69) is 0 Å². The third-order valence-corrected chi connectivity index (χ3v) is 2.21. The summed E-state index contributed by atoms with van der Waals surface area (Å²) >= 11 is 0. The van der Waals surface area contributed by atoms with Crippen LogP contribution in [0.5, 0.6) is 0 Å². The van der Waals surface area contributed by atoms with Crippen LogP contribution >= 0.6 is 0 Å². The number of carbonyl (C=O) groups excluding carboxylic acids is 2. The van der Waals surface area contributed by atoms with Crippen LogP contribution in [0.4, 0.5) is 0 Å². The van der Waals surface area contributed by atoms with E-state index in [1.807, 2.05) is 12.0 Å². The quantitative estimate of drug-likeness (QED) is 0.391. The van der Waals surface area contributed by atoms with E-state index in [1.54, 1.807) is 6.92 Å². The van der Waals surface area contributed by atoms with Gasteiger partial charge in [-0.3, -0.25) is 4.79 Å². The molecule has 0 fully saturated rings. The summed E-state index contributed by atoms with van der Waals surface area (Å²) in [6.07, 6.45) is 4.44. The van der Waals surface area contributed by atoms with Gasteiger partial charge in [0.2, 0.25) is 0 Å². The number of allylic oxidation sites excluding steroid dienone is 2. The molecule has 0 bridgehead atoms. The van der Waals surface area contributed by atoms with Crippen molar-refractivity contribution < 1.29 is 14.3 Å². The van der Waals surface area contributed by atoms with E-state index in [0.717, 1.165) is 24.0 Å². The average Bonchev–Trinajstić information content (AvgIpc) is 2.19. The molecule has 0 aromatic rings. The van der Waals surface area contributed by atoms with Crippen LogP contribution in [0.2, 0.25) is 0 Å². The third-order valence-electron chi connectivity index (χ3n) is 2.21. The minimum absolute atomic E-state index is 0.183. The number of rotatable bonds is 3. The molecule has 0 heterocycles. The van der Waals surface area contributed by atoms with Crippen molar-refractivity contribution in [1.82, 2.24) is 0 Å². The predicted octanol–water partition coefficient (Wildman–Crippen LogP) is 1.81. The van der Waals surface area contributed by atoms with E-state index in [9.17, 15) is 9.59 Å². The van der Waals surface area contributed by atoms with Crippen molar-refractivity contribution in [2.24, 2.45) is 0 Å². The van der Waals surface area contributed by atoms with Crippen LogP contribution in [-0.4, -0.2) is 18.5 Å². The fourth-order valence-electron chi connectivity index (χ4n) is 1.43. The van der Waals surface area contributed by atoms with E-state index in [4.69, 9.17) is 4.74 Å². The first-order valence-corrected chi connectivity index (χ1v) is 4.82. The van der Waals surface area contributed by atoms with Gasteiger partial charge in [0.15, 0.2) is 0 Å². The lowest BCUT2D eigenvalue weighted by Gasteiger charge is -2.12. The first-order chi connectivity index (χ1) is 6.76. The maximum absolute atomic E-state index is 11.1. The smallest absolute Gasteiger partial charge is 0.309 e. The van der Waals surface area contributed by atoms with Gasteiger partial charge < -0.3 is 4.74 Å². The molecule has 0 saturated carbocycles. The molecule has 0 spiro atoms. The summed E-state index contributed by atoms with van der Waals surface area (Å²) in [6, 6.07) is 0. The molecule has 76 valence electrons. The lowest BCUT2D eigenvalue weighted by atomic mass is 9.94. The Bertz CT molecular complexity index is 296. The molecule has 0 amide bonds. The second-order valence-electron chi connectivity index (χ2n) is 3.25. The number of carbonyl (C=O) groups is 1. The first-order valence-electron chi connectivity index (χ1n) is 4.82. The molecule has 3 nitrogen and oxygen atoms in total. The highest BCUT2D eigenvalue weighted by molar-refractivity contribution is 5.72. The van der Waals surface area contributed by atoms with E-state index in [-0.39, 0.29) is 5.97 Å². The van der Waals surface area contributed by atoms with Gasteiger partial charge >= 0.3 is 5.97 Å². The number of esters is 1. The molecule has 1 aliphatic rings. The number of hydrogen-bond acceptors (Lipinski definition) is 3. The van der Waals surface area contributed by atoms with Crippen LogP contribution in [0, 0.1) is 0 Å². The van der Waals surface area contributed by atoms with Gasteiger partial charge in [0.05, 0.1) is 13.0 Å². The van der Waals surface area contributed by atoms with Gasteiger partial charge in [0.1, 0.15) is 5.94 Å². The monoisotopic (exact) mass is 194 g/mol. The predicted molar refractivity (Wildman–Crippen MR) is 52.4 cm³/mol. The molecule has 14 heavy (non-hydrogen) atoms. The summed E-state index contributed by atoms with van der Waals surface area (Å²) in [4.78, 5) is 21.4. The zero-order valence-electron chi connectivity index (χ0n) is 8.34. The van der Waals surface area contributed by atoms with Gasteiger partial charge in [-0.1, -0.05) is 11.6 Å². The largest absolute Gasteiger partial charge is 0.466 e.